The lowest BCUT2D eigenvalue weighted by atomic mass is 10.2. The first-order valence-corrected chi connectivity index (χ1v) is 7.89. The van der Waals surface area contributed by atoms with Crippen molar-refractivity contribution in [2.24, 2.45) is 0 Å². The number of para-hydroxylation sites is 1. The molecule has 0 aliphatic heterocycles. The molecule has 1 heterocycles. The third-order valence-corrected chi connectivity index (χ3v) is 4.19. The fourth-order valence-corrected chi connectivity index (χ4v) is 2.73. The minimum absolute atomic E-state index is 0.267. The highest BCUT2D eigenvalue weighted by atomic mass is 32.2. The van der Waals surface area contributed by atoms with Crippen molar-refractivity contribution in [3.63, 3.8) is 0 Å². The van der Waals surface area contributed by atoms with Crippen LogP contribution in [0.1, 0.15) is 0 Å². The summed E-state index contributed by atoms with van der Waals surface area (Å²) in [6.45, 7) is 0. The van der Waals surface area contributed by atoms with E-state index >= 15 is 0 Å². The summed E-state index contributed by atoms with van der Waals surface area (Å²) in [5.41, 5.74) is 8.68. The number of hydrogen-bond donors (Lipinski definition) is 2. The van der Waals surface area contributed by atoms with Gasteiger partial charge in [0.05, 0.1) is 16.1 Å². The van der Waals surface area contributed by atoms with Crippen molar-refractivity contribution in [2.45, 2.75) is 4.90 Å². The van der Waals surface area contributed by atoms with E-state index in [0.29, 0.717) is 22.6 Å². The molecular formula is C14H13N3O2S. The average molecular weight is 287 g/mol. The number of H-pyrrole nitrogens is 1. The minimum atomic E-state index is -3.24. The van der Waals surface area contributed by atoms with Gasteiger partial charge in [0.1, 0.15) is 11.3 Å². The first-order chi connectivity index (χ1) is 9.45. The van der Waals surface area contributed by atoms with Gasteiger partial charge in [0.25, 0.3) is 0 Å². The number of nitrogens with one attached hydrogen (secondary N) is 1. The Labute approximate surface area is 116 Å². The molecule has 0 saturated carbocycles. The number of nitrogen functional groups attached to an aromatic ring is 1. The van der Waals surface area contributed by atoms with Gasteiger partial charge in [0.2, 0.25) is 0 Å². The standard InChI is InChI=1S/C14H13N3O2S/c1-20(18,19)10-5-2-4-9(8-10)14-16-12-7-3-6-11(15)13(12)17-14/h2-8H,15H2,1H3,(H,16,17). The second kappa shape index (κ2) is 4.35. The van der Waals surface area contributed by atoms with Crippen LogP contribution < -0.4 is 5.73 Å². The molecule has 3 aromatic rings. The third kappa shape index (κ3) is 2.14. The molecule has 0 aliphatic carbocycles. The molecule has 102 valence electrons. The van der Waals surface area contributed by atoms with E-state index in [9.17, 15) is 8.42 Å². The summed E-state index contributed by atoms with van der Waals surface area (Å²) < 4.78 is 23.2. The van der Waals surface area contributed by atoms with Crippen LogP contribution in [0.25, 0.3) is 22.4 Å². The molecule has 0 amide bonds. The number of aromatic nitrogens is 2. The number of rotatable bonds is 2. The zero-order valence-electron chi connectivity index (χ0n) is 10.8. The number of imidazole rings is 1. The molecule has 0 bridgehead atoms. The highest BCUT2D eigenvalue weighted by Gasteiger charge is 2.11. The first-order valence-electron chi connectivity index (χ1n) is 6.00. The highest BCUT2D eigenvalue weighted by Crippen LogP contribution is 2.25. The fourth-order valence-electron chi connectivity index (χ4n) is 2.07. The monoisotopic (exact) mass is 287 g/mol. The Kier molecular flexibility index (Phi) is 2.76. The lowest BCUT2D eigenvalue weighted by Crippen LogP contribution is -1.97. The van der Waals surface area contributed by atoms with E-state index in [2.05, 4.69) is 9.97 Å². The molecule has 0 aliphatic rings. The van der Waals surface area contributed by atoms with Gasteiger partial charge in [0.15, 0.2) is 9.84 Å². The van der Waals surface area contributed by atoms with Gasteiger partial charge < -0.3 is 10.7 Å². The van der Waals surface area contributed by atoms with Gasteiger partial charge in [-0.05, 0) is 24.3 Å². The van der Waals surface area contributed by atoms with E-state index in [1.807, 2.05) is 18.2 Å². The summed E-state index contributed by atoms with van der Waals surface area (Å²) in [5.74, 6) is 0.600. The number of aromatic amines is 1. The van der Waals surface area contributed by atoms with Gasteiger partial charge in [-0.1, -0.05) is 18.2 Å². The van der Waals surface area contributed by atoms with E-state index in [-0.39, 0.29) is 4.90 Å². The molecule has 2 aromatic carbocycles. The topological polar surface area (TPSA) is 88.8 Å². The van der Waals surface area contributed by atoms with Crippen molar-refractivity contribution in [1.82, 2.24) is 9.97 Å². The van der Waals surface area contributed by atoms with E-state index in [0.717, 1.165) is 5.52 Å². The van der Waals surface area contributed by atoms with Crippen LogP contribution in [-0.2, 0) is 9.84 Å². The zero-order chi connectivity index (χ0) is 14.3. The van der Waals surface area contributed by atoms with Crippen molar-refractivity contribution in [3.8, 4) is 11.4 Å². The normalized spacial score (nSPS) is 11.8. The predicted octanol–water partition coefficient (Wildman–Crippen LogP) is 2.22. The maximum atomic E-state index is 11.6. The lowest BCUT2D eigenvalue weighted by Gasteiger charge is -2.00. The van der Waals surface area contributed by atoms with Crippen molar-refractivity contribution in [1.29, 1.82) is 0 Å². The Balaban J connectivity index is 2.19. The number of anilines is 1. The van der Waals surface area contributed by atoms with Gasteiger partial charge >= 0.3 is 0 Å². The molecular weight excluding hydrogens is 274 g/mol. The van der Waals surface area contributed by atoms with Crippen molar-refractivity contribution in [2.75, 3.05) is 12.0 Å². The van der Waals surface area contributed by atoms with Crippen LogP contribution in [0.5, 0.6) is 0 Å². The number of fused-ring (bicyclic) bond motifs is 1. The molecule has 5 nitrogen and oxygen atoms in total. The molecule has 20 heavy (non-hydrogen) atoms. The smallest absolute Gasteiger partial charge is 0.175 e. The molecule has 6 heteroatoms. The zero-order valence-corrected chi connectivity index (χ0v) is 11.6. The maximum Gasteiger partial charge on any atom is 0.175 e. The second-order valence-electron chi connectivity index (χ2n) is 4.63. The predicted molar refractivity (Wildman–Crippen MR) is 79.1 cm³/mol. The molecule has 0 fully saturated rings. The van der Waals surface area contributed by atoms with Crippen LogP contribution >= 0.6 is 0 Å². The largest absolute Gasteiger partial charge is 0.397 e. The SMILES string of the molecule is CS(=O)(=O)c1cccc(-c2nc3c(N)cccc3[nH]2)c1. The Bertz CT molecular complexity index is 898. The first kappa shape index (κ1) is 12.7. The summed E-state index contributed by atoms with van der Waals surface area (Å²) in [6, 6.07) is 12.2. The molecule has 0 saturated heterocycles. The van der Waals surface area contributed by atoms with Crippen LogP contribution in [0.4, 0.5) is 5.69 Å². The Morgan fingerprint density at radius 3 is 2.60 bits per heavy atom. The molecule has 0 unspecified atom stereocenters. The molecule has 3 N–H and O–H groups in total. The quantitative estimate of drug-likeness (QED) is 0.707. The summed E-state index contributed by atoms with van der Waals surface area (Å²) in [5, 5.41) is 0. The second-order valence-corrected chi connectivity index (χ2v) is 6.64. The van der Waals surface area contributed by atoms with Crippen LogP contribution in [-0.4, -0.2) is 24.6 Å². The van der Waals surface area contributed by atoms with Gasteiger partial charge in [-0.3, -0.25) is 0 Å². The van der Waals surface area contributed by atoms with Gasteiger partial charge in [-0.25, -0.2) is 13.4 Å². The van der Waals surface area contributed by atoms with E-state index in [4.69, 9.17) is 5.73 Å². The molecule has 0 radical (unpaired) electrons. The van der Waals surface area contributed by atoms with Crippen molar-refractivity contribution < 1.29 is 8.42 Å². The van der Waals surface area contributed by atoms with Crippen LogP contribution in [0.2, 0.25) is 0 Å². The molecule has 1 aromatic heterocycles. The van der Waals surface area contributed by atoms with Crippen molar-refractivity contribution in [3.05, 3.63) is 42.5 Å². The number of sulfone groups is 1. The summed E-state index contributed by atoms with van der Waals surface area (Å²) in [6.07, 6.45) is 1.18. The minimum Gasteiger partial charge on any atom is -0.397 e. The maximum absolute atomic E-state index is 11.6. The number of nitrogens with two attached hydrogens (primary N) is 1. The Morgan fingerprint density at radius 1 is 1.15 bits per heavy atom. The van der Waals surface area contributed by atoms with Crippen LogP contribution in [0.3, 0.4) is 0 Å². The van der Waals surface area contributed by atoms with Gasteiger partial charge in [-0.2, -0.15) is 0 Å². The summed E-state index contributed by atoms with van der Waals surface area (Å²) in [7, 11) is -3.24. The molecule has 0 atom stereocenters. The Morgan fingerprint density at radius 2 is 1.90 bits per heavy atom. The van der Waals surface area contributed by atoms with Crippen molar-refractivity contribution >= 4 is 26.6 Å². The number of nitrogens with zero attached hydrogens (tertiary/aromatic N) is 1. The number of benzene rings is 2. The molecule has 3 rings (SSSR count). The fraction of sp³-hybridized carbons (Fsp3) is 0.0714. The summed E-state index contributed by atoms with van der Waals surface area (Å²) >= 11 is 0. The average Bonchev–Trinajstić information content (AvgIpc) is 2.83. The van der Waals surface area contributed by atoms with Gasteiger partial charge in [0, 0.05) is 11.8 Å². The van der Waals surface area contributed by atoms with Crippen LogP contribution in [0.15, 0.2) is 47.4 Å². The van der Waals surface area contributed by atoms with E-state index in [1.165, 1.54) is 6.26 Å². The summed E-state index contributed by atoms with van der Waals surface area (Å²) in [4.78, 5) is 7.84. The van der Waals surface area contributed by atoms with Crippen LogP contribution in [0, 0.1) is 0 Å². The Hall–Kier alpha value is -2.34. The van der Waals surface area contributed by atoms with E-state index < -0.39 is 9.84 Å². The highest BCUT2D eigenvalue weighted by molar-refractivity contribution is 7.90. The van der Waals surface area contributed by atoms with Gasteiger partial charge in [-0.15, -0.1) is 0 Å². The third-order valence-electron chi connectivity index (χ3n) is 3.08. The van der Waals surface area contributed by atoms with E-state index in [1.54, 1.807) is 24.3 Å². The number of hydrogen-bond acceptors (Lipinski definition) is 4. The lowest BCUT2D eigenvalue weighted by molar-refractivity contribution is 0.602. The molecule has 0 spiro atoms.